The van der Waals surface area contributed by atoms with E-state index in [9.17, 15) is 0 Å². The van der Waals surface area contributed by atoms with Crippen LogP contribution in [0.2, 0.25) is 0 Å². The van der Waals surface area contributed by atoms with E-state index in [2.05, 4.69) is 4.37 Å². The van der Waals surface area contributed by atoms with Crippen LogP contribution in [0.3, 0.4) is 0 Å². The molecule has 0 radical (unpaired) electrons. The lowest BCUT2D eigenvalue weighted by molar-refractivity contribution is 0.361. The van der Waals surface area contributed by atoms with Gasteiger partial charge in [0.2, 0.25) is 0 Å². The van der Waals surface area contributed by atoms with Crippen molar-refractivity contribution in [2.75, 3.05) is 0 Å². The monoisotopic (exact) mass is 212 g/mol. The molecule has 0 atom stereocenters. The Hall–Kier alpha value is -0.620. The molecule has 0 amide bonds. The molecule has 2 N–H and O–H groups in total. The molecule has 0 spiro atoms. The van der Waals surface area contributed by atoms with Crippen LogP contribution in [0.4, 0.5) is 0 Å². The highest BCUT2D eigenvalue weighted by Gasteiger charge is 2.04. The van der Waals surface area contributed by atoms with Gasteiger partial charge in [0.1, 0.15) is 6.61 Å². The van der Waals surface area contributed by atoms with Crippen molar-refractivity contribution in [2.24, 2.45) is 5.14 Å². The number of fused-ring (bicyclic) bond motifs is 1. The molecule has 5 heteroatoms. The first-order valence-electron chi connectivity index (χ1n) is 3.73. The topological polar surface area (TPSA) is 48.1 Å². The highest BCUT2D eigenvalue weighted by atomic mass is 32.2. The maximum Gasteiger partial charge on any atom is 0.107 e. The zero-order valence-electron chi connectivity index (χ0n) is 6.77. The Bertz CT molecular complexity index is 402. The molecule has 0 saturated heterocycles. The summed E-state index contributed by atoms with van der Waals surface area (Å²) in [5, 5.41) is 6.31. The summed E-state index contributed by atoms with van der Waals surface area (Å²) in [5.41, 5.74) is 0.957. The third kappa shape index (κ3) is 1.83. The molecule has 1 aromatic heterocycles. The summed E-state index contributed by atoms with van der Waals surface area (Å²) in [4.78, 5) is 0. The lowest BCUT2D eigenvalue weighted by Crippen LogP contribution is -1.89. The van der Waals surface area contributed by atoms with E-state index in [0.29, 0.717) is 6.61 Å². The molecule has 68 valence electrons. The minimum Gasteiger partial charge on any atom is -0.295 e. The van der Waals surface area contributed by atoms with E-state index in [1.807, 2.05) is 24.3 Å². The first-order chi connectivity index (χ1) is 6.42. The standard InChI is InChI=1S/C8H8N2OS2/c9-13-11-5-7-6-3-1-2-4-8(6)12-10-7/h1-4H,5,9H2. The van der Waals surface area contributed by atoms with Gasteiger partial charge in [-0.2, -0.15) is 4.37 Å². The van der Waals surface area contributed by atoms with Gasteiger partial charge in [-0.3, -0.25) is 9.32 Å². The fourth-order valence-corrected chi connectivity index (χ4v) is 2.09. The molecule has 13 heavy (non-hydrogen) atoms. The molecule has 0 fully saturated rings. The lowest BCUT2D eigenvalue weighted by Gasteiger charge is -1.95. The fraction of sp³-hybridized carbons (Fsp3) is 0.125. The molecule has 1 aromatic carbocycles. The maximum atomic E-state index is 5.16. The van der Waals surface area contributed by atoms with E-state index in [1.54, 1.807) is 0 Å². The molecule has 0 saturated carbocycles. The number of nitrogens with two attached hydrogens (primary N) is 1. The van der Waals surface area contributed by atoms with Gasteiger partial charge < -0.3 is 0 Å². The quantitative estimate of drug-likeness (QED) is 0.626. The fourth-order valence-electron chi connectivity index (χ4n) is 1.13. The molecular formula is C8H8N2OS2. The molecule has 0 aliphatic heterocycles. The Balaban J connectivity index is 2.35. The molecule has 2 rings (SSSR count). The first kappa shape index (κ1) is 8.96. The van der Waals surface area contributed by atoms with Crippen LogP contribution in [0.5, 0.6) is 0 Å². The van der Waals surface area contributed by atoms with Crippen molar-refractivity contribution >= 4 is 33.8 Å². The van der Waals surface area contributed by atoms with Crippen LogP contribution in [0.15, 0.2) is 24.3 Å². The SMILES string of the molecule is NSOCc1nsc2ccccc12. The van der Waals surface area contributed by atoms with Crippen LogP contribution in [-0.2, 0) is 10.8 Å². The normalized spacial score (nSPS) is 10.8. The first-order valence-corrected chi connectivity index (χ1v) is 5.31. The van der Waals surface area contributed by atoms with E-state index >= 15 is 0 Å². The van der Waals surface area contributed by atoms with Crippen LogP contribution in [0, 0.1) is 0 Å². The van der Waals surface area contributed by atoms with Crippen LogP contribution in [-0.4, -0.2) is 4.37 Å². The third-order valence-electron chi connectivity index (χ3n) is 1.72. The number of aromatic nitrogens is 1. The highest BCUT2D eigenvalue weighted by Crippen LogP contribution is 2.23. The second-order valence-corrected chi connectivity index (χ2v) is 3.72. The molecule has 3 nitrogen and oxygen atoms in total. The van der Waals surface area contributed by atoms with Gasteiger partial charge in [-0.1, -0.05) is 18.2 Å². The summed E-state index contributed by atoms with van der Waals surface area (Å²) in [7, 11) is 0. The van der Waals surface area contributed by atoms with Gasteiger partial charge in [0.15, 0.2) is 0 Å². The van der Waals surface area contributed by atoms with E-state index in [-0.39, 0.29) is 0 Å². The maximum absolute atomic E-state index is 5.16. The molecule has 2 aromatic rings. The van der Waals surface area contributed by atoms with Crippen molar-refractivity contribution in [3.8, 4) is 0 Å². The van der Waals surface area contributed by atoms with Crippen molar-refractivity contribution in [3.05, 3.63) is 30.0 Å². The minimum absolute atomic E-state index is 0.463. The number of hydrogen-bond donors (Lipinski definition) is 1. The minimum atomic E-state index is 0.463. The van der Waals surface area contributed by atoms with Gasteiger partial charge in [0.05, 0.1) is 22.6 Å². The second kappa shape index (κ2) is 4.06. The number of hydrogen-bond acceptors (Lipinski definition) is 5. The number of nitrogens with zero attached hydrogens (tertiary/aromatic N) is 1. The van der Waals surface area contributed by atoms with Gasteiger partial charge in [0.25, 0.3) is 0 Å². The zero-order chi connectivity index (χ0) is 9.10. The number of benzene rings is 1. The van der Waals surface area contributed by atoms with Crippen molar-refractivity contribution < 1.29 is 4.18 Å². The van der Waals surface area contributed by atoms with Gasteiger partial charge in [0, 0.05) is 5.39 Å². The van der Waals surface area contributed by atoms with Crippen LogP contribution in [0.1, 0.15) is 5.69 Å². The Morgan fingerprint density at radius 3 is 3.15 bits per heavy atom. The predicted molar refractivity (Wildman–Crippen MR) is 56.2 cm³/mol. The second-order valence-electron chi connectivity index (χ2n) is 2.48. The van der Waals surface area contributed by atoms with Crippen LogP contribution >= 0.6 is 23.8 Å². The van der Waals surface area contributed by atoms with Gasteiger partial charge in [-0.15, -0.1) is 0 Å². The zero-order valence-corrected chi connectivity index (χ0v) is 8.40. The van der Waals surface area contributed by atoms with E-state index in [0.717, 1.165) is 23.3 Å². The number of rotatable bonds is 3. The van der Waals surface area contributed by atoms with Crippen LogP contribution in [0.25, 0.3) is 10.1 Å². The highest BCUT2D eigenvalue weighted by molar-refractivity contribution is 7.92. The molecule has 0 aliphatic carbocycles. The average Bonchev–Trinajstić information content (AvgIpc) is 2.58. The third-order valence-corrected chi connectivity index (χ3v) is 2.83. The lowest BCUT2D eigenvalue weighted by atomic mass is 10.2. The average molecular weight is 212 g/mol. The molecule has 1 heterocycles. The predicted octanol–water partition coefficient (Wildman–Crippen LogP) is 2.33. The Morgan fingerprint density at radius 1 is 1.46 bits per heavy atom. The van der Waals surface area contributed by atoms with E-state index < -0.39 is 0 Å². The Kier molecular flexibility index (Phi) is 2.80. The molecule has 0 aliphatic rings. The summed E-state index contributed by atoms with van der Waals surface area (Å²) < 4.78 is 10.5. The largest absolute Gasteiger partial charge is 0.295 e. The summed E-state index contributed by atoms with van der Waals surface area (Å²) in [6.45, 7) is 0.463. The van der Waals surface area contributed by atoms with Gasteiger partial charge in [-0.25, -0.2) is 0 Å². The van der Waals surface area contributed by atoms with Gasteiger partial charge >= 0.3 is 0 Å². The summed E-state index contributed by atoms with van der Waals surface area (Å²) in [6, 6.07) is 8.09. The summed E-state index contributed by atoms with van der Waals surface area (Å²) >= 11 is 2.36. The summed E-state index contributed by atoms with van der Waals surface area (Å²) in [6.07, 6.45) is 0. The Labute approximate surface area is 84.4 Å². The van der Waals surface area contributed by atoms with Crippen LogP contribution < -0.4 is 5.14 Å². The van der Waals surface area contributed by atoms with Crippen molar-refractivity contribution in [1.82, 2.24) is 4.37 Å². The smallest absolute Gasteiger partial charge is 0.107 e. The van der Waals surface area contributed by atoms with Crippen molar-refractivity contribution in [3.63, 3.8) is 0 Å². The molecular weight excluding hydrogens is 204 g/mol. The summed E-state index contributed by atoms with van der Waals surface area (Å²) in [5.74, 6) is 0. The molecule has 0 bridgehead atoms. The van der Waals surface area contributed by atoms with E-state index in [1.165, 1.54) is 16.2 Å². The molecule has 0 unspecified atom stereocenters. The Morgan fingerprint density at radius 2 is 2.31 bits per heavy atom. The van der Waals surface area contributed by atoms with Crippen molar-refractivity contribution in [1.29, 1.82) is 0 Å². The van der Waals surface area contributed by atoms with Crippen molar-refractivity contribution in [2.45, 2.75) is 6.61 Å². The van der Waals surface area contributed by atoms with Gasteiger partial charge in [-0.05, 0) is 17.6 Å². The van der Waals surface area contributed by atoms with E-state index in [4.69, 9.17) is 9.32 Å².